The third kappa shape index (κ3) is 3.53. The summed E-state index contributed by atoms with van der Waals surface area (Å²) < 4.78 is 6.34. The van der Waals surface area contributed by atoms with Crippen LogP contribution in [0, 0.1) is 5.92 Å². The van der Waals surface area contributed by atoms with E-state index in [0.717, 1.165) is 10.2 Å². The number of halogens is 2. The number of aromatic nitrogens is 1. The normalized spacial score (nSPS) is 10.5. The molecule has 0 aliphatic rings. The molecule has 2 nitrogen and oxygen atoms in total. The molecule has 0 aliphatic heterocycles. The summed E-state index contributed by atoms with van der Waals surface area (Å²) in [4.78, 5) is 3.91. The lowest BCUT2D eigenvalue weighted by Gasteiger charge is -2.09. The van der Waals surface area contributed by atoms with Crippen LogP contribution in [-0.2, 0) is 0 Å². The number of pyridine rings is 1. The van der Waals surface area contributed by atoms with Gasteiger partial charge in [0.25, 0.3) is 0 Å². The van der Waals surface area contributed by atoms with Gasteiger partial charge in [0.05, 0.1) is 11.1 Å². The molecule has 0 aliphatic carbocycles. The van der Waals surface area contributed by atoms with Crippen molar-refractivity contribution in [2.75, 3.05) is 6.61 Å². The number of hydrogen-bond donors (Lipinski definition) is 0. The van der Waals surface area contributed by atoms with Crippen molar-refractivity contribution < 1.29 is 4.74 Å². The van der Waals surface area contributed by atoms with Crippen LogP contribution in [0.2, 0.25) is 5.15 Å². The van der Waals surface area contributed by atoms with Crippen LogP contribution in [0.1, 0.15) is 13.8 Å². The largest absolute Gasteiger partial charge is 0.492 e. The van der Waals surface area contributed by atoms with E-state index < -0.39 is 0 Å². The standard InChI is InChI=1S/C9H11BrClNO/c1-6(2)5-13-8-3-9(11)12-4-7(8)10/h3-4,6H,5H2,1-2H3. The van der Waals surface area contributed by atoms with Crippen molar-refractivity contribution in [1.29, 1.82) is 0 Å². The second-order valence-electron chi connectivity index (χ2n) is 3.14. The quantitative estimate of drug-likeness (QED) is 0.779. The van der Waals surface area contributed by atoms with Crippen molar-refractivity contribution in [1.82, 2.24) is 4.98 Å². The summed E-state index contributed by atoms with van der Waals surface area (Å²) in [5.41, 5.74) is 0. The maximum atomic E-state index is 5.72. The van der Waals surface area contributed by atoms with Gasteiger partial charge >= 0.3 is 0 Å². The zero-order valence-corrected chi connectivity index (χ0v) is 9.89. The first kappa shape index (κ1) is 10.8. The Morgan fingerprint density at radius 1 is 1.62 bits per heavy atom. The van der Waals surface area contributed by atoms with Crippen LogP contribution >= 0.6 is 27.5 Å². The molecule has 1 aromatic rings. The van der Waals surface area contributed by atoms with Gasteiger partial charge in [-0.15, -0.1) is 0 Å². The minimum Gasteiger partial charge on any atom is -0.492 e. The molecule has 0 saturated heterocycles. The van der Waals surface area contributed by atoms with E-state index in [0.29, 0.717) is 17.7 Å². The Bertz CT molecular complexity index is 291. The van der Waals surface area contributed by atoms with Crippen LogP contribution in [0.4, 0.5) is 0 Å². The van der Waals surface area contributed by atoms with Crippen LogP contribution in [0.15, 0.2) is 16.7 Å². The number of rotatable bonds is 3. The van der Waals surface area contributed by atoms with Crippen molar-refractivity contribution in [3.63, 3.8) is 0 Å². The molecular weight excluding hydrogens is 253 g/mol. The SMILES string of the molecule is CC(C)COc1cc(Cl)ncc1Br. The molecule has 0 unspecified atom stereocenters. The fourth-order valence-corrected chi connectivity index (χ4v) is 1.24. The molecule has 0 radical (unpaired) electrons. The van der Waals surface area contributed by atoms with Gasteiger partial charge in [0.15, 0.2) is 0 Å². The average molecular weight is 265 g/mol. The molecule has 13 heavy (non-hydrogen) atoms. The van der Waals surface area contributed by atoms with E-state index in [1.165, 1.54) is 0 Å². The Kier molecular flexibility index (Phi) is 4.00. The molecule has 72 valence electrons. The van der Waals surface area contributed by atoms with Crippen LogP contribution in [-0.4, -0.2) is 11.6 Å². The number of hydrogen-bond acceptors (Lipinski definition) is 2. The summed E-state index contributed by atoms with van der Waals surface area (Å²) in [6.45, 7) is 4.87. The molecule has 0 amide bonds. The van der Waals surface area contributed by atoms with E-state index in [1.54, 1.807) is 12.3 Å². The summed E-state index contributed by atoms with van der Waals surface area (Å²) in [6.07, 6.45) is 1.64. The molecule has 0 fully saturated rings. The van der Waals surface area contributed by atoms with Gasteiger partial charge in [0, 0.05) is 12.3 Å². The van der Waals surface area contributed by atoms with Crippen molar-refractivity contribution in [3.05, 3.63) is 21.9 Å². The van der Waals surface area contributed by atoms with Gasteiger partial charge in [0.2, 0.25) is 0 Å². The highest BCUT2D eigenvalue weighted by Crippen LogP contribution is 2.26. The van der Waals surface area contributed by atoms with Crippen molar-refractivity contribution in [2.45, 2.75) is 13.8 Å². The molecule has 0 aromatic carbocycles. The van der Waals surface area contributed by atoms with Crippen molar-refractivity contribution >= 4 is 27.5 Å². The minimum absolute atomic E-state index is 0.446. The molecule has 0 spiro atoms. The zero-order chi connectivity index (χ0) is 9.84. The highest BCUT2D eigenvalue weighted by molar-refractivity contribution is 9.10. The summed E-state index contributed by atoms with van der Waals surface area (Å²) in [7, 11) is 0. The zero-order valence-electron chi connectivity index (χ0n) is 7.55. The Balaban J connectivity index is 2.70. The van der Waals surface area contributed by atoms with Crippen LogP contribution in [0.25, 0.3) is 0 Å². The van der Waals surface area contributed by atoms with Gasteiger partial charge in [-0.2, -0.15) is 0 Å². The van der Waals surface area contributed by atoms with E-state index in [9.17, 15) is 0 Å². The topological polar surface area (TPSA) is 22.1 Å². The van der Waals surface area contributed by atoms with Crippen molar-refractivity contribution in [2.24, 2.45) is 5.92 Å². The van der Waals surface area contributed by atoms with E-state index in [-0.39, 0.29) is 0 Å². The smallest absolute Gasteiger partial charge is 0.138 e. The monoisotopic (exact) mass is 263 g/mol. The molecule has 1 heterocycles. The second-order valence-corrected chi connectivity index (χ2v) is 4.38. The van der Waals surface area contributed by atoms with Gasteiger partial charge in [-0.3, -0.25) is 0 Å². The fraction of sp³-hybridized carbons (Fsp3) is 0.444. The molecule has 0 bridgehead atoms. The predicted octanol–water partition coefficient (Wildman–Crippen LogP) is 3.53. The third-order valence-electron chi connectivity index (χ3n) is 1.36. The lowest BCUT2D eigenvalue weighted by atomic mass is 10.2. The molecular formula is C9H11BrClNO. The second kappa shape index (κ2) is 4.82. The van der Waals surface area contributed by atoms with Gasteiger partial charge in [-0.1, -0.05) is 25.4 Å². The molecule has 0 saturated carbocycles. The maximum Gasteiger partial charge on any atom is 0.138 e. The van der Waals surface area contributed by atoms with Gasteiger partial charge in [0.1, 0.15) is 10.9 Å². The lowest BCUT2D eigenvalue weighted by Crippen LogP contribution is -2.04. The Labute approximate surface area is 91.4 Å². The summed E-state index contributed by atoms with van der Waals surface area (Å²) in [5, 5.41) is 0.446. The molecule has 4 heteroatoms. The third-order valence-corrected chi connectivity index (χ3v) is 2.16. The Morgan fingerprint density at radius 3 is 2.92 bits per heavy atom. The van der Waals surface area contributed by atoms with E-state index in [4.69, 9.17) is 16.3 Å². The minimum atomic E-state index is 0.446. The Morgan fingerprint density at radius 2 is 2.31 bits per heavy atom. The van der Waals surface area contributed by atoms with Crippen molar-refractivity contribution in [3.8, 4) is 5.75 Å². The summed E-state index contributed by atoms with van der Waals surface area (Å²) in [5.74, 6) is 1.24. The molecule has 0 atom stereocenters. The van der Waals surface area contributed by atoms with E-state index in [1.807, 2.05) is 0 Å². The van der Waals surface area contributed by atoms with Gasteiger partial charge in [-0.05, 0) is 21.8 Å². The molecule has 0 N–H and O–H groups in total. The van der Waals surface area contributed by atoms with Crippen LogP contribution in [0.3, 0.4) is 0 Å². The summed E-state index contributed by atoms with van der Waals surface area (Å²) in [6, 6.07) is 1.70. The summed E-state index contributed by atoms with van der Waals surface area (Å²) >= 11 is 9.05. The molecule has 1 rings (SSSR count). The lowest BCUT2D eigenvalue weighted by molar-refractivity contribution is 0.269. The maximum absolute atomic E-state index is 5.72. The van der Waals surface area contributed by atoms with E-state index >= 15 is 0 Å². The average Bonchev–Trinajstić information content (AvgIpc) is 2.06. The highest BCUT2D eigenvalue weighted by atomic mass is 79.9. The first-order valence-corrected chi connectivity index (χ1v) is 5.20. The first-order chi connectivity index (χ1) is 6.09. The van der Waals surface area contributed by atoms with E-state index in [2.05, 4.69) is 34.8 Å². The molecule has 1 aromatic heterocycles. The first-order valence-electron chi connectivity index (χ1n) is 4.03. The predicted molar refractivity (Wildman–Crippen MR) is 57.3 cm³/mol. The van der Waals surface area contributed by atoms with Crippen LogP contribution < -0.4 is 4.74 Å². The van der Waals surface area contributed by atoms with Crippen LogP contribution in [0.5, 0.6) is 5.75 Å². The number of nitrogens with zero attached hydrogens (tertiary/aromatic N) is 1. The van der Waals surface area contributed by atoms with Gasteiger partial charge < -0.3 is 4.74 Å². The van der Waals surface area contributed by atoms with Gasteiger partial charge in [-0.25, -0.2) is 4.98 Å². The Hall–Kier alpha value is -0.280. The fourth-order valence-electron chi connectivity index (χ4n) is 0.763. The highest BCUT2D eigenvalue weighted by Gasteiger charge is 2.03. The number of ether oxygens (including phenoxy) is 1.